The molecule has 0 aromatic heterocycles. The summed E-state index contributed by atoms with van der Waals surface area (Å²) in [4.78, 5) is 0.386. The molecule has 0 spiro atoms. The van der Waals surface area contributed by atoms with Crippen LogP contribution < -0.4 is 5.73 Å². The lowest BCUT2D eigenvalue weighted by Crippen LogP contribution is -2.41. The molecule has 1 aliphatic rings. The topological polar surface area (TPSA) is 60.2 Å². The van der Waals surface area contributed by atoms with E-state index in [0.29, 0.717) is 11.3 Å². The Kier molecular flexibility index (Phi) is 5.03. The van der Waals surface area contributed by atoms with Gasteiger partial charge in [-0.1, -0.05) is 41.6 Å². The minimum atomic E-state index is -3.31. The highest BCUT2D eigenvalue weighted by molar-refractivity contribution is 9.10. The van der Waals surface area contributed by atoms with Crippen molar-refractivity contribution in [2.75, 3.05) is 0 Å². The Bertz CT molecular complexity index is 513. The zero-order valence-electron chi connectivity index (χ0n) is 10.9. The first-order valence-corrected chi connectivity index (χ1v) is 9.11. The first-order chi connectivity index (χ1) is 9.01. The highest BCUT2D eigenvalue weighted by atomic mass is 79.9. The van der Waals surface area contributed by atoms with Crippen LogP contribution in [0, 0.1) is 0 Å². The first kappa shape index (κ1) is 15.0. The molecule has 106 valence electrons. The van der Waals surface area contributed by atoms with Gasteiger partial charge in [0.15, 0.2) is 9.84 Å². The zero-order valence-corrected chi connectivity index (χ0v) is 13.3. The number of sulfone groups is 1. The lowest BCUT2D eigenvalue weighted by molar-refractivity contribution is 0.444. The Balaban J connectivity index is 2.28. The molecule has 1 aliphatic carbocycles. The van der Waals surface area contributed by atoms with Crippen LogP contribution in [0.3, 0.4) is 0 Å². The zero-order chi connectivity index (χ0) is 13.9. The van der Waals surface area contributed by atoms with Gasteiger partial charge in [0.1, 0.15) is 0 Å². The molecular formula is C14H20BrNO2S. The van der Waals surface area contributed by atoms with Crippen molar-refractivity contribution in [3.63, 3.8) is 0 Å². The molecule has 0 bridgehead atoms. The number of hydrogen-bond donors (Lipinski definition) is 1. The van der Waals surface area contributed by atoms with Crippen molar-refractivity contribution >= 4 is 25.8 Å². The van der Waals surface area contributed by atoms with Gasteiger partial charge in [-0.15, -0.1) is 0 Å². The van der Waals surface area contributed by atoms with Crippen molar-refractivity contribution in [1.29, 1.82) is 0 Å². The first-order valence-electron chi connectivity index (χ1n) is 6.77. The number of rotatable bonds is 2. The molecule has 19 heavy (non-hydrogen) atoms. The fourth-order valence-corrected chi connectivity index (χ4v) is 4.87. The highest BCUT2D eigenvalue weighted by Gasteiger charge is 2.32. The molecule has 2 atom stereocenters. The smallest absolute Gasteiger partial charge is 0.182 e. The maximum absolute atomic E-state index is 12.7. The Hall–Kier alpha value is -0.390. The van der Waals surface area contributed by atoms with Gasteiger partial charge < -0.3 is 5.73 Å². The van der Waals surface area contributed by atoms with Gasteiger partial charge in [0.05, 0.1) is 10.1 Å². The van der Waals surface area contributed by atoms with Crippen molar-refractivity contribution in [3.8, 4) is 0 Å². The van der Waals surface area contributed by atoms with Gasteiger partial charge in [0, 0.05) is 10.5 Å². The van der Waals surface area contributed by atoms with E-state index >= 15 is 0 Å². The van der Waals surface area contributed by atoms with Crippen LogP contribution in [0.4, 0.5) is 0 Å². The lowest BCUT2D eigenvalue weighted by Gasteiger charge is -2.26. The van der Waals surface area contributed by atoms with Crippen molar-refractivity contribution in [2.24, 2.45) is 5.73 Å². The van der Waals surface area contributed by atoms with Gasteiger partial charge in [-0.3, -0.25) is 0 Å². The molecule has 0 radical (unpaired) electrons. The second-order valence-corrected chi connectivity index (χ2v) is 8.28. The summed E-state index contributed by atoms with van der Waals surface area (Å²) in [6, 6.07) is 6.60. The standard InChI is InChI=1S/C14H20BrNO2S/c15-11-7-9-12(10-8-11)19(17,18)14-6-4-2-1-3-5-13(14)16/h7-10,13-14H,1-6,16H2. The lowest BCUT2D eigenvalue weighted by atomic mass is 9.97. The summed E-state index contributed by atoms with van der Waals surface area (Å²) in [5.41, 5.74) is 6.11. The van der Waals surface area contributed by atoms with Gasteiger partial charge in [-0.25, -0.2) is 8.42 Å². The monoisotopic (exact) mass is 345 g/mol. The highest BCUT2D eigenvalue weighted by Crippen LogP contribution is 2.27. The Morgan fingerprint density at radius 1 is 1.00 bits per heavy atom. The van der Waals surface area contributed by atoms with Crippen molar-refractivity contribution < 1.29 is 8.42 Å². The van der Waals surface area contributed by atoms with E-state index in [9.17, 15) is 8.42 Å². The molecule has 0 aliphatic heterocycles. The summed E-state index contributed by atoms with van der Waals surface area (Å²) in [6.45, 7) is 0. The Morgan fingerprint density at radius 3 is 2.21 bits per heavy atom. The summed E-state index contributed by atoms with van der Waals surface area (Å²) in [7, 11) is -3.31. The fourth-order valence-electron chi connectivity index (χ4n) is 2.66. The third-order valence-corrected chi connectivity index (χ3v) is 6.63. The van der Waals surface area contributed by atoms with E-state index < -0.39 is 15.1 Å². The SMILES string of the molecule is NC1CCCCCCC1S(=O)(=O)c1ccc(Br)cc1. The molecule has 0 amide bonds. The maximum atomic E-state index is 12.7. The summed E-state index contributed by atoms with van der Waals surface area (Å²) >= 11 is 3.32. The van der Waals surface area contributed by atoms with Crippen LogP contribution in [0.1, 0.15) is 38.5 Å². The fraction of sp³-hybridized carbons (Fsp3) is 0.571. The van der Waals surface area contributed by atoms with Crippen molar-refractivity contribution in [3.05, 3.63) is 28.7 Å². The minimum Gasteiger partial charge on any atom is -0.327 e. The molecule has 1 saturated carbocycles. The van der Waals surface area contributed by atoms with Gasteiger partial charge in [0.25, 0.3) is 0 Å². The summed E-state index contributed by atoms with van der Waals surface area (Å²) in [6.07, 6.45) is 5.75. The Labute approximate surface area is 123 Å². The van der Waals surface area contributed by atoms with E-state index in [4.69, 9.17) is 5.73 Å². The second-order valence-electron chi connectivity index (χ2n) is 5.19. The van der Waals surface area contributed by atoms with Crippen LogP contribution in [0.25, 0.3) is 0 Å². The van der Waals surface area contributed by atoms with Crippen molar-refractivity contribution in [2.45, 2.75) is 54.7 Å². The molecule has 1 aromatic rings. The van der Waals surface area contributed by atoms with Gasteiger partial charge in [-0.2, -0.15) is 0 Å². The Morgan fingerprint density at radius 2 is 1.58 bits per heavy atom. The van der Waals surface area contributed by atoms with Gasteiger partial charge >= 0.3 is 0 Å². The third kappa shape index (κ3) is 3.58. The van der Waals surface area contributed by atoms with E-state index in [-0.39, 0.29) is 6.04 Å². The average Bonchev–Trinajstić information content (AvgIpc) is 2.34. The van der Waals surface area contributed by atoms with E-state index in [1.54, 1.807) is 24.3 Å². The maximum Gasteiger partial charge on any atom is 0.182 e. The quantitative estimate of drug-likeness (QED) is 0.894. The molecule has 1 fully saturated rings. The number of nitrogens with two attached hydrogens (primary N) is 1. The molecule has 2 unspecified atom stereocenters. The molecule has 5 heteroatoms. The van der Waals surface area contributed by atoms with Crippen LogP contribution in [0.5, 0.6) is 0 Å². The second kappa shape index (κ2) is 6.37. The van der Waals surface area contributed by atoms with E-state index in [2.05, 4.69) is 15.9 Å². The molecule has 0 heterocycles. The summed E-state index contributed by atoms with van der Waals surface area (Å²) < 4.78 is 26.2. The molecular weight excluding hydrogens is 326 g/mol. The largest absolute Gasteiger partial charge is 0.327 e. The number of halogens is 1. The number of benzene rings is 1. The molecule has 0 saturated heterocycles. The van der Waals surface area contributed by atoms with Gasteiger partial charge in [-0.05, 0) is 37.1 Å². The van der Waals surface area contributed by atoms with Crippen LogP contribution >= 0.6 is 15.9 Å². The van der Waals surface area contributed by atoms with Gasteiger partial charge in [0.2, 0.25) is 0 Å². The summed E-state index contributed by atoms with van der Waals surface area (Å²) in [5.74, 6) is 0. The molecule has 3 nitrogen and oxygen atoms in total. The van der Waals surface area contributed by atoms with Crippen LogP contribution in [0.2, 0.25) is 0 Å². The van der Waals surface area contributed by atoms with Crippen LogP contribution in [-0.2, 0) is 9.84 Å². The predicted molar refractivity (Wildman–Crippen MR) is 80.8 cm³/mol. The normalized spacial score (nSPS) is 25.6. The van der Waals surface area contributed by atoms with E-state index in [0.717, 1.165) is 30.2 Å². The third-order valence-electron chi connectivity index (χ3n) is 3.79. The number of hydrogen-bond acceptors (Lipinski definition) is 3. The van der Waals surface area contributed by atoms with E-state index in [1.807, 2.05) is 0 Å². The predicted octanol–water partition coefficient (Wildman–Crippen LogP) is 3.27. The van der Waals surface area contributed by atoms with Crippen molar-refractivity contribution in [1.82, 2.24) is 0 Å². The average molecular weight is 346 g/mol. The van der Waals surface area contributed by atoms with E-state index in [1.165, 1.54) is 6.42 Å². The molecule has 1 aromatic carbocycles. The van der Waals surface area contributed by atoms with Crippen LogP contribution in [0.15, 0.2) is 33.6 Å². The minimum absolute atomic E-state index is 0.242. The van der Waals surface area contributed by atoms with Crippen LogP contribution in [-0.4, -0.2) is 19.7 Å². The summed E-state index contributed by atoms with van der Waals surface area (Å²) in [5, 5.41) is -0.436. The molecule has 2 N–H and O–H groups in total. The molecule has 2 rings (SSSR count).